The number of nitrogens with zero attached hydrogens (tertiary/aromatic N) is 3. The van der Waals surface area contributed by atoms with Crippen LogP contribution in [0, 0.1) is 5.92 Å². The molecule has 0 amide bonds. The Kier molecular flexibility index (Phi) is 11.8. The molecule has 3 rings (SSSR count). The molecule has 0 aliphatic carbocycles. The van der Waals surface area contributed by atoms with Crippen LogP contribution in [0.15, 0.2) is 4.99 Å². The number of likely N-dealkylation sites (tertiary alicyclic amines) is 1. The van der Waals surface area contributed by atoms with Gasteiger partial charge in [0.15, 0.2) is 5.96 Å². The molecule has 182 valence electrons. The van der Waals surface area contributed by atoms with Crippen molar-refractivity contribution in [3.63, 3.8) is 0 Å². The molecule has 0 radical (unpaired) electrons. The summed E-state index contributed by atoms with van der Waals surface area (Å²) >= 11 is 0. The van der Waals surface area contributed by atoms with E-state index in [1.807, 2.05) is 0 Å². The van der Waals surface area contributed by atoms with E-state index in [0.29, 0.717) is 25.1 Å². The Balaban J connectivity index is 0.00000341. The fourth-order valence-electron chi connectivity index (χ4n) is 4.48. The number of nitrogens with one attached hydrogen (secondary N) is 1. The van der Waals surface area contributed by atoms with Crippen LogP contribution in [0.5, 0.6) is 0 Å². The molecule has 8 nitrogen and oxygen atoms in total. The summed E-state index contributed by atoms with van der Waals surface area (Å²) in [5, 5.41) is 3.43. The molecule has 3 aliphatic rings. The molecular weight excluding hydrogens is 531 g/mol. The SMILES string of the molecule is CCNC(=NCC1CCN(S(C)(=O)=O)CC1)N1CCC(OCC2CCCCO2)CC1.I. The van der Waals surface area contributed by atoms with Crippen molar-refractivity contribution in [3.8, 4) is 0 Å². The maximum Gasteiger partial charge on any atom is 0.211 e. The first kappa shape index (κ1) is 27.1. The minimum Gasteiger partial charge on any atom is -0.376 e. The second-order valence-electron chi connectivity index (χ2n) is 8.81. The Morgan fingerprint density at radius 1 is 1.10 bits per heavy atom. The van der Waals surface area contributed by atoms with Gasteiger partial charge in [0, 0.05) is 45.9 Å². The second-order valence-corrected chi connectivity index (χ2v) is 10.8. The molecular formula is C21H41IN4O4S. The normalized spacial score (nSPS) is 25.3. The van der Waals surface area contributed by atoms with E-state index in [1.54, 1.807) is 4.31 Å². The van der Waals surface area contributed by atoms with E-state index in [9.17, 15) is 8.42 Å². The molecule has 3 saturated heterocycles. The van der Waals surface area contributed by atoms with Gasteiger partial charge >= 0.3 is 0 Å². The predicted molar refractivity (Wildman–Crippen MR) is 135 cm³/mol. The molecule has 1 atom stereocenters. The van der Waals surface area contributed by atoms with Crippen molar-refractivity contribution in [2.24, 2.45) is 10.9 Å². The van der Waals surface area contributed by atoms with Crippen LogP contribution in [-0.4, -0.2) is 94.5 Å². The monoisotopic (exact) mass is 572 g/mol. The minimum absolute atomic E-state index is 0. The largest absolute Gasteiger partial charge is 0.376 e. The summed E-state index contributed by atoms with van der Waals surface area (Å²) in [7, 11) is -3.07. The smallest absolute Gasteiger partial charge is 0.211 e. The van der Waals surface area contributed by atoms with Crippen molar-refractivity contribution < 1.29 is 17.9 Å². The molecule has 0 aromatic rings. The zero-order valence-corrected chi connectivity index (χ0v) is 22.3. The summed E-state index contributed by atoms with van der Waals surface area (Å²) < 4.78 is 36.9. The number of hydrogen-bond donors (Lipinski definition) is 1. The summed E-state index contributed by atoms with van der Waals surface area (Å²) in [6, 6.07) is 0. The Hall–Kier alpha value is -0.170. The molecule has 31 heavy (non-hydrogen) atoms. The van der Waals surface area contributed by atoms with Gasteiger partial charge in [-0.05, 0) is 57.8 Å². The van der Waals surface area contributed by atoms with E-state index in [-0.39, 0.29) is 30.1 Å². The highest BCUT2D eigenvalue weighted by molar-refractivity contribution is 14.0. The molecule has 0 aromatic carbocycles. The van der Waals surface area contributed by atoms with Crippen LogP contribution in [0.2, 0.25) is 0 Å². The Morgan fingerprint density at radius 2 is 1.81 bits per heavy atom. The molecule has 0 spiro atoms. The fourth-order valence-corrected chi connectivity index (χ4v) is 5.36. The summed E-state index contributed by atoms with van der Waals surface area (Å²) in [4.78, 5) is 7.23. The van der Waals surface area contributed by atoms with Gasteiger partial charge in [0.1, 0.15) is 0 Å². The third-order valence-corrected chi connectivity index (χ3v) is 7.71. The summed E-state index contributed by atoms with van der Waals surface area (Å²) in [6.45, 7) is 8.44. The first-order valence-corrected chi connectivity index (χ1v) is 13.5. The topological polar surface area (TPSA) is 83.5 Å². The van der Waals surface area contributed by atoms with Crippen LogP contribution in [0.1, 0.15) is 51.9 Å². The lowest BCUT2D eigenvalue weighted by atomic mass is 9.98. The molecule has 0 aromatic heterocycles. The average molecular weight is 573 g/mol. The van der Waals surface area contributed by atoms with Crippen LogP contribution in [0.3, 0.4) is 0 Å². The molecule has 0 saturated carbocycles. The van der Waals surface area contributed by atoms with Crippen LogP contribution in [0.4, 0.5) is 0 Å². The molecule has 3 fully saturated rings. The fraction of sp³-hybridized carbons (Fsp3) is 0.952. The van der Waals surface area contributed by atoms with Crippen molar-refractivity contribution in [2.75, 3.05) is 58.7 Å². The number of aliphatic imine (C=N–C) groups is 1. The summed E-state index contributed by atoms with van der Waals surface area (Å²) in [5.41, 5.74) is 0. The number of guanidine groups is 1. The van der Waals surface area contributed by atoms with Crippen LogP contribution in [0.25, 0.3) is 0 Å². The van der Waals surface area contributed by atoms with E-state index in [0.717, 1.165) is 77.5 Å². The molecule has 10 heteroatoms. The standard InChI is InChI=1S/C21H40N4O4S.HI/c1-3-22-21(23-16-18-7-13-25(14-8-18)30(2,26)27)24-11-9-19(10-12-24)29-17-20-6-4-5-15-28-20;/h18-20H,3-17H2,1-2H3,(H,22,23);1H. The predicted octanol–water partition coefficient (Wildman–Crippen LogP) is 2.29. The van der Waals surface area contributed by atoms with Gasteiger partial charge in [-0.25, -0.2) is 12.7 Å². The molecule has 0 bridgehead atoms. The highest BCUT2D eigenvalue weighted by Crippen LogP contribution is 2.21. The summed E-state index contributed by atoms with van der Waals surface area (Å²) in [6.07, 6.45) is 9.25. The lowest BCUT2D eigenvalue weighted by molar-refractivity contribution is -0.0721. The summed E-state index contributed by atoms with van der Waals surface area (Å²) in [5.74, 6) is 1.44. The van der Waals surface area contributed by atoms with Crippen molar-refractivity contribution in [2.45, 2.75) is 64.1 Å². The van der Waals surface area contributed by atoms with E-state index in [2.05, 4.69) is 17.1 Å². The highest BCUT2D eigenvalue weighted by atomic mass is 127. The Morgan fingerprint density at radius 3 is 2.39 bits per heavy atom. The van der Waals surface area contributed by atoms with Crippen LogP contribution in [-0.2, 0) is 19.5 Å². The van der Waals surface area contributed by atoms with Gasteiger partial charge < -0.3 is 19.7 Å². The van der Waals surface area contributed by atoms with Gasteiger partial charge in [-0.2, -0.15) is 0 Å². The first-order chi connectivity index (χ1) is 14.5. The number of sulfonamides is 1. The molecule has 3 aliphatic heterocycles. The van der Waals surface area contributed by atoms with Gasteiger partial charge in [0.2, 0.25) is 10.0 Å². The number of rotatable bonds is 7. The third-order valence-electron chi connectivity index (χ3n) is 6.41. The average Bonchev–Trinajstić information content (AvgIpc) is 2.76. The van der Waals surface area contributed by atoms with Gasteiger partial charge in [-0.15, -0.1) is 24.0 Å². The van der Waals surface area contributed by atoms with Crippen LogP contribution >= 0.6 is 24.0 Å². The van der Waals surface area contributed by atoms with Crippen molar-refractivity contribution in [1.29, 1.82) is 0 Å². The lowest BCUT2D eigenvalue weighted by Crippen LogP contribution is -2.47. The van der Waals surface area contributed by atoms with E-state index >= 15 is 0 Å². The molecule has 3 heterocycles. The highest BCUT2D eigenvalue weighted by Gasteiger charge is 2.26. The number of piperidine rings is 2. The number of ether oxygens (including phenoxy) is 2. The van der Waals surface area contributed by atoms with Crippen molar-refractivity contribution in [1.82, 2.24) is 14.5 Å². The minimum atomic E-state index is -3.07. The Labute approximate surface area is 205 Å². The third kappa shape index (κ3) is 8.94. The van der Waals surface area contributed by atoms with E-state index in [1.165, 1.54) is 19.1 Å². The quantitative estimate of drug-likeness (QED) is 0.287. The zero-order valence-electron chi connectivity index (χ0n) is 19.1. The van der Waals surface area contributed by atoms with Gasteiger partial charge in [-0.1, -0.05) is 0 Å². The van der Waals surface area contributed by atoms with Gasteiger partial charge in [0.05, 0.1) is 25.1 Å². The number of hydrogen-bond acceptors (Lipinski definition) is 5. The van der Waals surface area contributed by atoms with Gasteiger partial charge in [0.25, 0.3) is 0 Å². The van der Waals surface area contributed by atoms with Crippen LogP contribution < -0.4 is 5.32 Å². The maximum absolute atomic E-state index is 11.7. The van der Waals surface area contributed by atoms with E-state index < -0.39 is 10.0 Å². The zero-order chi connectivity index (χ0) is 21.4. The van der Waals surface area contributed by atoms with Crippen molar-refractivity contribution >= 4 is 40.0 Å². The van der Waals surface area contributed by atoms with Gasteiger partial charge in [-0.3, -0.25) is 4.99 Å². The Bertz CT molecular complexity index is 642. The van der Waals surface area contributed by atoms with Crippen molar-refractivity contribution in [3.05, 3.63) is 0 Å². The first-order valence-electron chi connectivity index (χ1n) is 11.7. The maximum atomic E-state index is 11.7. The second kappa shape index (κ2) is 13.5. The lowest BCUT2D eigenvalue weighted by Gasteiger charge is -2.35. The number of halogens is 1. The molecule has 1 N–H and O–H groups in total. The van der Waals surface area contributed by atoms with E-state index in [4.69, 9.17) is 14.5 Å². The molecule has 1 unspecified atom stereocenters.